The van der Waals surface area contributed by atoms with Crippen molar-refractivity contribution >= 4 is 17.7 Å². The van der Waals surface area contributed by atoms with Crippen LogP contribution in [-0.2, 0) is 12.4 Å². The molecule has 0 unspecified atom stereocenters. The van der Waals surface area contributed by atoms with Crippen LogP contribution in [0.15, 0.2) is 54.9 Å². The first-order valence-electron chi connectivity index (χ1n) is 8.65. The van der Waals surface area contributed by atoms with Crippen LogP contribution < -0.4 is 4.90 Å². The molecule has 4 heterocycles. The van der Waals surface area contributed by atoms with Crippen LogP contribution in [0.4, 0.5) is 38.0 Å². The fourth-order valence-corrected chi connectivity index (χ4v) is 3.06. The average Bonchev–Trinajstić information content (AvgIpc) is 2.72. The Balaban J connectivity index is 1.78. The van der Waals surface area contributed by atoms with Gasteiger partial charge in [-0.3, -0.25) is 4.98 Å². The van der Waals surface area contributed by atoms with Gasteiger partial charge in [-0.15, -0.1) is 0 Å². The molecule has 0 spiro atoms. The van der Waals surface area contributed by atoms with Crippen LogP contribution in [0, 0.1) is 0 Å². The van der Waals surface area contributed by atoms with Crippen molar-refractivity contribution < 1.29 is 26.3 Å². The standard InChI is InChI=1S/C20H12F6N4/c21-19(22,23)13-6-8-16(28-11-13)30-10-2-3-12-5-7-15(29-18(12)30)17-14(20(24,25)26)4-1-9-27-17/h1-9,11H,10H2. The highest BCUT2D eigenvalue weighted by Crippen LogP contribution is 2.38. The number of anilines is 2. The van der Waals surface area contributed by atoms with Crippen LogP contribution in [0.1, 0.15) is 16.7 Å². The normalized spacial score (nSPS) is 14.0. The summed E-state index contributed by atoms with van der Waals surface area (Å²) in [5, 5.41) is 0. The third kappa shape index (κ3) is 3.72. The van der Waals surface area contributed by atoms with Gasteiger partial charge in [0.05, 0.1) is 16.8 Å². The highest BCUT2D eigenvalue weighted by atomic mass is 19.4. The summed E-state index contributed by atoms with van der Waals surface area (Å²) in [7, 11) is 0. The predicted molar refractivity (Wildman–Crippen MR) is 97.7 cm³/mol. The predicted octanol–water partition coefficient (Wildman–Crippen LogP) is 5.74. The fourth-order valence-electron chi connectivity index (χ4n) is 3.06. The van der Waals surface area contributed by atoms with Gasteiger partial charge in [0, 0.05) is 24.5 Å². The number of fused-ring (bicyclic) bond motifs is 1. The van der Waals surface area contributed by atoms with Gasteiger partial charge in [0.25, 0.3) is 0 Å². The third-order valence-corrected chi connectivity index (χ3v) is 4.45. The molecule has 154 valence electrons. The molecule has 0 aliphatic carbocycles. The highest BCUT2D eigenvalue weighted by molar-refractivity contribution is 5.76. The molecule has 0 saturated heterocycles. The van der Waals surface area contributed by atoms with E-state index in [0.717, 1.165) is 12.1 Å². The summed E-state index contributed by atoms with van der Waals surface area (Å²) in [6.07, 6.45) is -3.71. The van der Waals surface area contributed by atoms with Crippen LogP contribution in [0.5, 0.6) is 0 Å². The van der Waals surface area contributed by atoms with E-state index in [1.807, 2.05) is 0 Å². The number of rotatable bonds is 2. The topological polar surface area (TPSA) is 41.9 Å². The Bertz CT molecular complexity index is 1100. The molecule has 0 amide bonds. The molecule has 0 bridgehead atoms. The first-order chi connectivity index (χ1) is 14.1. The molecule has 4 nitrogen and oxygen atoms in total. The number of halogens is 6. The van der Waals surface area contributed by atoms with E-state index in [4.69, 9.17) is 0 Å². The summed E-state index contributed by atoms with van der Waals surface area (Å²) in [6, 6.07) is 7.20. The van der Waals surface area contributed by atoms with E-state index >= 15 is 0 Å². The van der Waals surface area contributed by atoms with E-state index in [0.29, 0.717) is 11.8 Å². The number of pyridine rings is 3. The van der Waals surface area contributed by atoms with Gasteiger partial charge in [-0.1, -0.05) is 12.2 Å². The first kappa shape index (κ1) is 19.9. The molecule has 0 aromatic carbocycles. The Hall–Kier alpha value is -3.43. The number of nitrogens with zero attached hydrogens (tertiary/aromatic N) is 4. The van der Waals surface area contributed by atoms with E-state index in [1.165, 1.54) is 29.3 Å². The van der Waals surface area contributed by atoms with Gasteiger partial charge in [0.1, 0.15) is 17.3 Å². The summed E-state index contributed by atoms with van der Waals surface area (Å²) < 4.78 is 78.5. The second-order valence-corrected chi connectivity index (χ2v) is 6.42. The summed E-state index contributed by atoms with van der Waals surface area (Å²) in [5.74, 6) is 0.469. The fraction of sp³-hybridized carbons (Fsp3) is 0.150. The van der Waals surface area contributed by atoms with Crippen molar-refractivity contribution in [3.63, 3.8) is 0 Å². The van der Waals surface area contributed by atoms with Crippen molar-refractivity contribution in [1.29, 1.82) is 0 Å². The summed E-state index contributed by atoms with van der Waals surface area (Å²) in [4.78, 5) is 13.6. The molecule has 0 fully saturated rings. The maximum absolute atomic E-state index is 13.4. The minimum atomic E-state index is -4.62. The largest absolute Gasteiger partial charge is 0.418 e. The number of aromatic nitrogens is 3. The second kappa shape index (κ2) is 7.12. The molecule has 0 N–H and O–H groups in total. The lowest BCUT2D eigenvalue weighted by molar-refractivity contribution is -0.138. The third-order valence-electron chi connectivity index (χ3n) is 4.45. The average molecular weight is 422 g/mol. The van der Waals surface area contributed by atoms with Gasteiger partial charge in [0.2, 0.25) is 0 Å². The van der Waals surface area contributed by atoms with E-state index in [9.17, 15) is 26.3 Å². The van der Waals surface area contributed by atoms with Crippen molar-refractivity contribution in [2.75, 3.05) is 11.4 Å². The van der Waals surface area contributed by atoms with Crippen molar-refractivity contribution in [1.82, 2.24) is 15.0 Å². The molecule has 3 aromatic rings. The highest BCUT2D eigenvalue weighted by Gasteiger charge is 2.35. The van der Waals surface area contributed by atoms with Crippen molar-refractivity contribution in [2.24, 2.45) is 0 Å². The molecule has 3 aromatic heterocycles. The van der Waals surface area contributed by atoms with Gasteiger partial charge in [-0.2, -0.15) is 26.3 Å². The Morgan fingerprint density at radius 3 is 2.33 bits per heavy atom. The Morgan fingerprint density at radius 2 is 1.67 bits per heavy atom. The number of hydrogen-bond donors (Lipinski definition) is 0. The molecule has 30 heavy (non-hydrogen) atoms. The van der Waals surface area contributed by atoms with Gasteiger partial charge in [-0.25, -0.2) is 9.97 Å². The number of hydrogen-bond acceptors (Lipinski definition) is 4. The molecular weight excluding hydrogens is 410 g/mol. The Kier molecular flexibility index (Phi) is 4.71. The van der Waals surface area contributed by atoms with E-state index < -0.39 is 23.5 Å². The van der Waals surface area contributed by atoms with Crippen LogP contribution in [0.25, 0.3) is 17.5 Å². The molecule has 0 saturated carbocycles. The maximum Gasteiger partial charge on any atom is 0.418 e. The molecule has 4 rings (SSSR count). The SMILES string of the molecule is FC(F)(F)c1ccc(N2CC=Cc3ccc(-c4ncccc4C(F)(F)F)nc32)nc1. The smallest absolute Gasteiger partial charge is 0.307 e. The monoisotopic (exact) mass is 422 g/mol. The summed E-state index contributed by atoms with van der Waals surface area (Å²) >= 11 is 0. The van der Waals surface area contributed by atoms with Gasteiger partial charge >= 0.3 is 12.4 Å². The minimum absolute atomic E-state index is 0.00566. The van der Waals surface area contributed by atoms with Crippen molar-refractivity contribution in [3.8, 4) is 11.4 Å². The Labute approximate surface area is 166 Å². The Morgan fingerprint density at radius 1 is 0.867 bits per heavy atom. The quantitative estimate of drug-likeness (QED) is 0.494. The van der Waals surface area contributed by atoms with Gasteiger partial charge in [-0.05, 0) is 36.4 Å². The zero-order valence-electron chi connectivity index (χ0n) is 15.0. The van der Waals surface area contributed by atoms with Crippen LogP contribution >= 0.6 is 0 Å². The molecule has 1 aliphatic rings. The lowest BCUT2D eigenvalue weighted by Crippen LogP contribution is -2.23. The van der Waals surface area contributed by atoms with Gasteiger partial charge in [0.15, 0.2) is 0 Å². The van der Waals surface area contributed by atoms with Crippen LogP contribution in [-0.4, -0.2) is 21.5 Å². The molecule has 10 heteroatoms. The first-order valence-corrected chi connectivity index (χ1v) is 8.65. The molecule has 1 aliphatic heterocycles. The zero-order valence-corrected chi connectivity index (χ0v) is 15.0. The van der Waals surface area contributed by atoms with E-state index in [2.05, 4.69) is 15.0 Å². The van der Waals surface area contributed by atoms with Crippen molar-refractivity contribution in [3.05, 3.63) is 71.6 Å². The lowest BCUT2D eigenvalue weighted by Gasteiger charge is -2.26. The van der Waals surface area contributed by atoms with Crippen LogP contribution in [0.2, 0.25) is 0 Å². The van der Waals surface area contributed by atoms with Crippen molar-refractivity contribution in [2.45, 2.75) is 12.4 Å². The lowest BCUT2D eigenvalue weighted by atomic mass is 10.1. The van der Waals surface area contributed by atoms with Gasteiger partial charge < -0.3 is 4.90 Å². The zero-order chi connectivity index (χ0) is 21.5. The minimum Gasteiger partial charge on any atom is -0.307 e. The summed E-state index contributed by atoms with van der Waals surface area (Å²) in [5.41, 5.74) is -1.57. The number of alkyl halides is 6. The molecule has 0 radical (unpaired) electrons. The molecule has 0 atom stereocenters. The summed E-state index contributed by atoms with van der Waals surface area (Å²) in [6.45, 7) is 0.246. The van der Waals surface area contributed by atoms with E-state index in [1.54, 1.807) is 18.2 Å². The van der Waals surface area contributed by atoms with E-state index in [-0.39, 0.29) is 29.6 Å². The maximum atomic E-state index is 13.4. The van der Waals surface area contributed by atoms with Crippen LogP contribution in [0.3, 0.4) is 0 Å². The molecular formula is C20H12F6N4. The second-order valence-electron chi connectivity index (χ2n) is 6.42.